The van der Waals surface area contributed by atoms with Crippen LogP contribution in [-0.2, 0) is 4.79 Å². The van der Waals surface area contributed by atoms with Gasteiger partial charge < -0.3 is 4.84 Å². The fourth-order valence-corrected chi connectivity index (χ4v) is 1.08. The van der Waals surface area contributed by atoms with Gasteiger partial charge in [-0.25, -0.2) is 4.79 Å². The average Bonchev–Trinajstić information content (AvgIpc) is 2.98. The Labute approximate surface area is 90.4 Å². The fourth-order valence-electron chi connectivity index (χ4n) is 1.08. The maximum atomic E-state index is 11.2. The van der Waals surface area contributed by atoms with Crippen molar-refractivity contribution in [3.05, 3.63) is 34.3 Å². The molecule has 0 atom stereocenters. The van der Waals surface area contributed by atoms with Gasteiger partial charge in [0.2, 0.25) is 6.20 Å². The lowest BCUT2D eigenvalue weighted by Crippen LogP contribution is -2.21. The molecule has 0 aliphatic heterocycles. The van der Waals surface area contributed by atoms with Crippen molar-refractivity contribution in [1.82, 2.24) is 9.94 Å². The Morgan fingerprint density at radius 2 is 2.44 bits per heavy atom. The van der Waals surface area contributed by atoms with Crippen LogP contribution < -0.4 is 4.84 Å². The maximum Gasteiger partial charge on any atom is 0.337 e. The lowest BCUT2D eigenvalue weighted by Gasteiger charge is -1.99. The standard InChI is InChI=1S/C9H9N3O4/c13-9(7-1-2-7)16-11-5-3-8(10-11)4-6-12(14)15/h3-7H,1-2H2. The summed E-state index contributed by atoms with van der Waals surface area (Å²) in [6.07, 6.45) is 5.14. The molecule has 0 spiro atoms. The summed E-state index contributed by atoms with van der Waals surface area (Å²) in [6, 6.07) is 1.51. The molecule has 1 saturated carbocycles. The van der Waals surface area contributed by atoms with E-state index >= 15 is 0 Å². The van der Waals surface area contributed by atoms with E-state index in [2.05, 4.69) is 5.10 Å². The van der Waals surface area contributed by atoms with Gasteiger partial charge >= 0.3 is 5.97 Å². The van der Waals surface area contributed by atoms with Gasteiger partial charge in [-0.05, 0) is 18.9 Å². The third-order valence-electron chi connectivity index (χ3n) is 2.05. The number of carbonyl (C=O) groups excluding carboxylic acids is 1. The first-order valence-electron chi connectivity index (χ1n) is 4.75. The van der Waals surface area contributed by atoms with Crippen molar-refractivity contribution in [2.45, 2.75) is 12.8 Å². The summed E-state index contributed by atoms with van der Waals surface area (Å²) in [6.45, 7) is 0. The lowest BCUT2D eigenvalue weighted by molar-refractivity contribution is -0.401. The Kier molecular flexibility index (Phi) is 2.67. The molecule has 1 fully saturated rings. The van der Waals surface area contributed by atoms with E-state index in [1.54, 1.807) is 0 Å². The van der Waals surface area contributed by atoms with Crippen LogP contribution in [0, 0.1) is 16.0 Å². The molecule has 0 aromatic carbocycles. The van der Waals surface area contributed by atoms with Crippen LogP contribution in [0.5, 0.6) is 0 Å². The molecule has 0 radical (unpaired) electrons. The molecule has 7 nitrogen and oxygen atoms in total. The van der Waals surface area contributed by atoms with E-state index in [1.165, 1.54) is 18.3 Å². The molecule has 0 unspecified atom stereocenters. The normalized spacial score (nSPS) is 15.2. The van der Waals surface area contributed by atoms with Gasteiger partial charge in [0, 0.05) is 6.08 Å². The highest BCUT2D eigenvalue weighted by atomic mass is 16.7. The van der Waals surface area contributed by atoms with E-state index < -0.39 is 4.92 Å². The Morgan fingerprint density at radius 3 is 3.06 bits per heavy atom. The van der Waals surface area contributed by atoms with Crippen molar-refractivity contribution >= 4 is 12.0 Å². The quantitative estimate of drug-likeness (QED) is 0.547. The van der Waals surface area contributed by atoms with Crippen molar-refractivity contribution in [2.75, 3.05) is 0 Å². The summed E-state index contributed by atoms with van der Waals surface area (Å²) in [7, 11) is 0. The molecule has 0 bridgehead atoms. The summed E-state index contributed by atoms with van der Waals surface area (Å²) >= 11 is 0. The number of nitrogens with zero attached hydrogens (tertiary/aromatic N) is 3. The zero-order chi connectivity index (χ0) is 11.5. The smallest absolute Gasteiger partial charge is 0.319 e. The van der Waals surface area contributed by atoms with E-state index in [9.17, 15) is 14.9 Å². The second-order valence-corrected chi connectivity index (χ2v) is 3.43. The molecule has 84 valence electrons. The van der Waals surface area contributed by atoms with E-state index in [-0.39, 0.29) is 11.9 Å². The van der Waals surface area contributed by atoms with Gasteiger partial charge in [-0.1, -0.05) is 4.85 Å². The number of aromatic nitrogens is 2. The molecule has 1 aliphatic carbocycles. The van der Waals surface area contributed by atoms with Gasteiger partial charge in [-0.15, -0.1) is 5.10 Å². The largest absolute Gasteiger partial charge is 0.337 e. The molecule has 0 saturated heterocycles. The van der Waals surface area contributed by atoms with Crippen LogP contribution in [0.1, 0.15) is 18.5 Å². The van der Waals surface area contributed by atoms with Crippen molar-refractivity contribution in [3.63, 3.8) is 0 Å². The number of rotatable bonds is 4. The molecule has 2 rings (SSSR count). The fraction of sp³-hybridized carbons (Fsp3) is 0.333. The van der Waals surface area contributed by atoms with E-state index in [4.69, 9.17) is 4.84 Å². The molecule has 16 heavy (non-hydrogen) atoms. The molecule has 1 heterocycles. The van der Waals surface area contributed by atoms with Gasteiger partial charge in [0.25, 0.3) is 0 Å². The minimum absolute atomic E-state index is 0.0121. The van der Waals surface area contributed by atoms with E-state index in [0.29, 0.717) is 5.69 Å². The van der Waals surface area contributed by atoms with Crippen molar-refractivity contribution < 1.29 is 14.6 Å². The third-order valence-corrected chi connectivity index (χ3v) is 2.05. The minimum atomic E-state index is -0.588. The first-order valence-corrected chi connectivity index (χ1v) is 4.75. The summed E-state index contributed by atoms with van der Waals surface area (Å²) in [5.41, 5.74) is 0.361. The molecule has 7 heteroatoms. The van der Waals surface area contributed by atoms with Crippen LogP contribution in [0.2, 0.25) is 0 Å². The van der Waals surface area contributed by atoms with Crippen LogP contribution in [0.3, 0.4) is 0 Å². The molecular formula is C9H9N3O4. The van der Waals surface area contributed by atoms with Crippen LogP contribution in [0.25, 0.3) is 6.08 Å². The molecule has 1 aliphatic rings. The van der Waals surface area contributed by atoms with Crippen LogP contribution in [-0.4, -0.2) is 20.8 Å². The first kappa shape index (κ1) is 10.3. The second-order valence-electron chi connectivity index (χ2n) is 3.43. The van der Waals surface area contributed by atoms with Gasteiger partial charge in [-0.3, -0.25) is 10.1 Å². The average molecular weight is 223 g/mol. The topological polar surface area (TPSA) is 87.3 Å². The van der Waals surface area contributed by atoms with E-state index in [1.807, 2.05) is 0 Å². The number of hydrogen-bond acceptors (Lipinski definition) is 5. The highest BCUT2D eigenvalue weighted by molar-refractivity contribution is 5.75. The van der Waals surface area contributed by atoms with Gasteiger partial charge in [0.15, 0.2) is 0 Å². The van der Waals surface area contributed by atoms with Crippen LogP contribution >= 0.6 is 0 Å². The molecule has 1 aromatic rings. The van der Waals surface area contributed by atoms with E-state index in [0.717, 1.165) is 23.9 Å². The maximum absolute atomic E-state index is 11.2. The number of carbonyl (C=O) groups is 1. The van der Waals surface area contributed by atoms with Crippen molar-refractivity contribution in [3.8, 4) is 0 Å². The number of hydrogen-bond donors (Lipinski definition) is 0. The first-order chi connectivity index (χ1) is 7.65. The summed E-state index contributed by atoms with van der Waals surface area (Å²) in [5, 5.41) is 13.9. The zero-order valence-corrected chi connectivity index (χ0v) is 8.28. The Morgan fingerprint density at radius 1 is 1.69 bits per heavy atom. The molecule has 0 N–H and O–H groups in total. The van der Waals surface area contributed by atoms with Gasteiger partial charge in [-0.2, -0.15) is 0 Å². The molecule has 0 amide bonds. The highest BCUT2D eigenvalue weighted by Gasteiger charge is 2.32. The SMILES string of the molecule is O=C(On1ccc(C=C[N+](=O)[O-])n1)C1CC1. The Balaban J connectivity index is 1.96. The van der Waals surface area contributed by atoms with Gasteiger partial charge in [0.05, 0.1) is 22.7 Å². The molecule has 1 aromatic heterocycles. The Hall–Kier alpha value is -2.18. The second kappa shape index (κ2) is 4.13. The van der Waals surface area contributed by atoms with Crippen molar-refractivity contribution in [1.29, 1.82) is 0 Å². The van der Waals surface area contributed by atoms with Gasteiger partial charge in [0.1, 0.15) is 0 Å². The van der Waals surface area contributed by atoms with Crippen LogP contribution in [0.4, 0.5) is 0 Å². The third kappa shape index (κ3) is 2.66. The van der Waals surface area contributed by atoms with Crippen molar-refractivity contribution in [2.24, 2.45) is 5.92 Å². The Bertz CT molecular complexity index is 447. The zero-order valence-electron chi connectivity index (χ0n) is 8.28. The summed E-state index contributed by atoms with van der Waals surface area (Å²) in [4.78, 5) is 26.6. The minimum Gasteiger partial charge on any atom is -0.319 e. The van der Waals surface area contributed by atoms with Crippen LogP contribution in [0.15, 0.2) is 18.5 Å². The highest BCUT2D eigenvalue weighted by Crippen LogP contribution is 2.29. The predicted octanol–water partition coefficient (Wildman–Crippen LogP) is 0.496. The molecular weight excluding hydrogens is 214 g/mol. The monoisotopic (exact) mass is 223 g/mol. The summed E-state index contributed by atoms with van der Waals surface area (Å²) < 4.78 is 0. The number of nitro groups is 1. The lowest BCUT2D eigenvalue weighted by atomic mass is 10.4. The summed E-state index contributed by atoms with van der Waals surface area (Å²) in [5.74, 6) is -0.324. The predicted molar refractivity (Wildman–Crippen MR) is 52.6 cm³/mol.